The van der Waals surface area contributed by atoms with Crippen molar-refractivity contribution < 1.29 is 22.4 Å². The number of aromatic nitrogens is 3. The first-order valence-electron chi connectivity index (χ1n) is 10.5. The number of likely N-dealkylation sites (tertiary alicyclic amines) is 1. The average molecular weight is 444 g/mol. The molecule has 1 aliphatic heterocycles. The van der Waals surface area contributed by atoms with Crippen LogP contribution in [0.1, 0.15) is 44.0 Å². The van der Waals surface area contributed by atoms with Crippen LogP contribution in [0.3, 0.4) is 0 Å². The monoisotopic (exact) mass is 444 g/mol. The number of hydrogen-bond donors (Lipinski definition) is 0. The van der Waals surface area contributed by atoms with E-state index in [1.165, 1.54) is 0 Å². The molecule has 2 bridgehead atoms. The highest BCUT2D eigenvalue weighted by molar-refractivity contribution is 5.83. The van der Waals surface area contributed by atoms with E-state index in [4.69, 9.17) is 4.42 Å². The zero-order valence-electron chi connectivity index (χ0n) is 18.2. The Kier molecular flexibility index (Phi) is 4.26. The number of fused-ring (bicyclic) bond motifs is 5. The van der Waals surface area contributed by atoms with Gasteiger partial charge in [0.25, 0.3) is 0 Å². The van der Waals surface area contributed by atoms with Crippen LogP contribution in [0.25, 0.3) is 22.7 Å². The summed E-state index contributed by atoms with van der Waals surface area (Å²) in [7, 11) is 0. The lowest BCUT2D eigenvalue weighted by atomic mass is 9.51. The highest BCUT2D eigenvalue weighted by Gasteiger charge is 2.59. The standard InChI is InChI=1S/C23H23F3N4O2/c1-12-10-28-16(11-27-12)19-29-15-7-13-8-18-21(2,3)22(4,14(13)9-17(15)32-19)5-6-30(18)20(31)23(24,25)26/h7,9-11,18H,5-6,8H2,1-4H3/t18-,22-/m0/s1. The molecule has 3 heterocycles. The van der Waals surface area contributed by atoms with Crippen LogP contribution in [0, 0.1) is 12.3 Å². The van der Waals surface area contributed by atoms with Crippen molar-refractivity contribution in [2.24, 2.45) is 5.41 Å². The topological polar surface area (TPSA) is 72.1 Å². The lowest BCUT2D eigenvalue weighted by Gasteiger charge is -2.60. The summed E-state index contributed by atoms with van der Waals surface area (Å²) >= 11 is 0. The second kappa shape index (κ2) is 6.52. The van der Waals surface area contributed by atoms with E-state index in [2.05, 4.69) is 21.9 Å². The molecule has 3 aromatic rings. The predicted octanol–water partition coefficient (Wildman–Crippen LogP) is 4.60. The van der Waals surface area contributed by atoms with Gasteiger partial charge in [-0.05, 0) is 48.4 Å². The molecule has 2 aliphatic rings. The van der Waals surface area contributed by atoms with Crippen LogP contribution in [0.4, 0.5) is 13.2 Å². The fraction of sp³-hybridized carbons (Fsp3) is 0.478. The van der Waals surface area contributed by atoms with Crippen LogP contribution in [0.5, 0.6) is 0 Å². The molecule has 2 aromatic heterocycles. The summed E-state index contributed by atoms with van der Waals surface area (Å²) in [5.41, 5.74) is 3.47. The van der Waals surface area contributed by atoms with Crippen molar-refractivity contribution >= 4 is 17.0 Å². The van der Waals surface area contributed by atoms with Crippen molar-refractivity contribution in [1.29, 1.82) is 0 Å². The second-order valence-electron chi connectivity index (χ2n) is 9.56. The lowest BCUT2D eigenvalue weighted by molar-refractivity contribution is -0.195. The van der Waals surface area contributed by atoms with E-state index >= 15 is 0 Å². The van der Waals surface area contributed by atoms with Crippen molar-refractivity contribution in [2.75, 3.05) is 6.54 Å². The van der Waals surface area contributed by atoms with E-state index in [1.807, 2.05) is 32.9 Å². The maximum Gasteiger partial charge on any atom is 0.471 e. The number of carbonyl (C=O) groups is 1. The fourth-order valence-corrected chi connectivity index (χ4v) is 5.35. The number of rotatable bonds is 1. The Morgan fingerprint density at radius 2 is 1.94 bits per heavy atom. The summed E-state index contributed by atoms with van der Waals surface area (Å²) in [6.07, 6.45) is -0.889. The minimum Gasteiger partial charge on any atom is -0.435 e. The number of hydrogen-bond acceptors (Lipinski definition) is 5. The molecule has 0 spiro atoms. The van der Waals surface area contributed by atoms with Crippen molar-refractivity contribution in [1.82, 2.24) is 19.9 Å². The van der Waals surface area contributed by atoms with Gasteiger partial charge in [0.15, 0.2) is 5.58 Å². The van der Waals surface area contributed by atoms with Crippen LogP contribution in [-0.2, 0) is 16.6 Å². The van der Waals surface area contributed by atoms with E-state index in [-0.39, 0.29) is 6.54 Å². The maximum atomic E-state index is 13.3. The highest BCUT2D eigenvalue weighted by Crippen LogP contribution is 2.57. The first kappa shape index (κ1) is 20.9. The molecule has 2 atom stereocenters. The average Bonchev–Trinajstić information content (AvgIpc) is 3.12. The van der Waals surface area contributed by atoms with Gasteiger partial charge in [0.2, 0.25) is 5.89 Å². The molecular formula is C23H23F3N4O2. The number of amides is 1. The molecule has 168 valence electrons. The van der Waals surface area contributed by atoms with E-state index in [1.54, 1.807) is 12.4 Å². The zero-order chi connectivity index (χ0) is 23.1. The Morgan fingerprint density at radius 3 is 2.59 bits per heavy atom. The molecule has 1 fully saturated rings. The van der Waals surface area contributed by atoms with Gasteiger partial charge < -0.3 is 9.32 Å². The summed E-state index contributed by atoms with van der Waals surface area (Å²) in [5.74, 6) is -1.42. The number of oxazole rings is 1. The SMILES string of the molecule is Cc1cnc(-c2nc3cc4c(cc3o2)[C@]2(C)CCN(C(=O)C(F)(F)F)[C@@H](C4)C2(C)C)cn1. The Labute approximate surface area is 182 Å². The molecule has 0 radical (unpaired) electrons. The van der Waals surface area contributed by atoms with Crippen molar-refractivity contribution in [2.45, 2.75) is 58.2 Å². The number of halogens is 3. The van der Waals surface area contributed by atoms with Gasteiger partial charge in [-0.3, -0.25) is 9.78 Å². The van der Waals surface area contributed by atoms with Gasteiger partial charge in [-0.25, -0.2) is 9.97 Å². The van der Waals surface area contributed by atoms with E-state index in [0.29, 0.717) is 35.5 Å². The van der Waals surface area contributed by atoms with Crippen molar-refractivity contribution in [3.63, 3.8) is 0 Å². The van der Waals surface area contributed by atoms with Gasteiger partial charge in [-0.15, -0.1) is 0 Å². The number of alkyl halides is 3. The predicted molar refractivity (Wildman–Crippen MR) is 111 cm³/mol. The molecule has 9 heteroatoms. The largest absolute Gasteiger partial charge is 0.471 e. The van der Waals surface area contributed by atoms with E-state index < -0.39 is 29.0 Å². The molecule has 1 aliphatic carbocycles. The van der Waals surface area contributed by atoms with Crippen LogP contribution >= 0.6 is 0 Å². The maximum absolute atomic E-state index is 13.3. The minimum absolute atomic E-state index is 0.0705. The number of carbonyl (C=O) groups excluding carboxylic acids is 1. The van der Waals surface area contributed by atoms with Gasteiger partial charge >= 0.3 is 12.1 Å². The van der Waals surface area contributed by atoms with Crippen LogP contribution in [0.2, 0.25) is 0 Å². The molecule has 1 aromatic carbocycles. The summed E-state index contributed by atoms with van der Waals surface area (Å²) in [6, 6.07) is 3.28. The Bertz CT molecular complexity index is 1230. The normalized spacial score (nSPS) is 24.5. The zero-order valence-corrected chi connectivity index (χ0v) is 18.2. The molecule has 1 saturated heterocycles. The number of nitrogens with zero attached hydrogens (tertiary/aromatic N) is 4. The quantitative estimate of drug-likeness (QED) is 0.549. The van der Waals surface area contributed by atoms with Gasteiger partial charge in [-0.2, -0.15) is 13.2 Å². The third-order valence-corrected chi connectivity index (χ3v) is 7.61. The van der Waals surface area contributed by atoms with Crippen molar-refractivity contribution in [3.05, 3.63) is 41.3 Å². The molecule has 5 rings (SSSR count). The summed E-state index contributed by atoms with van der Waals surface area (Å²) in [5, 5.41) is 0. The summed E-state index contributed by atoms with van der Waals surface area (Å²) in [6.45, 7) is 7.88. The molecule has 0 unspecified atom stereocenters. The third kappa shape index (κ3) is 2.86. The molecule has 0 saturated carbocycles. The molecule has 0 N–H and O–H groups in total. The summed E-state index contributed by atoms with van der Waals surface area (Å²) in [4.78, 5) is 26.3. The first-order chi connectivity index (χ1) is 14.9. The fourth-order valence-electron chi connectivity index (χ4n) is 5.35. The van der Waals surface area contributed by atoms with Crippen LogP contribution < -0.4 is 0 Å². The minimum atomic E-state index is -4.88. The molecule has 32 heavy (non-hydrogen) atoms. The van der Waals surface area contributed by atoms with Crippen LogP contribution in [0.15, 0.2) is 28.9 Å². The molecular weight excluding hydrogens is 421 g/mol. The molecule has 6 nitrogen and oxygen atoms in total. The van der Waals surface area contributed by atoms with Gasteiger partial charge in [0.05, 0.1) is 11.9 Å². The molecule has 1 amide bonds. The van der Waals surface area contributed by atoms with Crippen molar-refractivity contribution in [3.8, 4) is 11.6 Å². The van der Waals surface area contributed by atoms with Gasteiger partial charge in [0, 0.05) is 24.2 Å². The Morgan fingerprint density at radius 1 is 1.19 bits per heavy atom. The Balaban J connectivity index is 1.62. The number of piperidine rings is 1. The third-order valence-electron chi connectivity index (χ3n) is 7.61. The first-order valence-corrected chi connectivity index (χ1v) is 10.5. The summed E-state index contributed by atoms with van der Waals surface area (Å²) < 4.78 is 45.8. The van der Waals surface area contributed by atoms with E-state index in [0.717, 1.165) is 21.7 Å². The Hall–Kier alpha value is -2.97. The van der Waals surface area contributed by atoms with Gasteiger partial charge in [0.1, 0.15) is 11.2 Å². The smallest absolute Gasteiger partial charge is 0.435 e. The highest BCUT2D eigenvalue weighted by atomic mass is 19.4. The van der Waals surface area contributed by atoms with E-state index in [9.17, 15) is 18.0 Å². The second-order valence-corrected chi connectivity index (χ2v) is 9.56. The van der Waals surface area contributed by atoms with Gasteiger partial charge in [-0.1, -0.05) is 20.8 Å². The number of benzene rings is 1. The lowest BCUT2D eigenvalue weighted by Crippen LogP contribution is -2.66. The number of aryl methyl sites for hydroxylation is 1. The van der Waals surface area contributed by atoms with Crippen LogP contribution in [-0.4, -0.2) is 44.5 Å².